The van der Waals surface area contributed by atoms with Crippen LogP contribution in [0.5, 0.6) is 5.75 Å². The Balaban J connectivity index is 1.76. The Bertz CT molecular complexity index is 956. The lowest BCUT2D eigenvalue weighted by Gasteiger charge is -2.07. The summed E-state index contributed by atoms with van der Waals surface area (Å²) in [6.07, 6.45) is 0. The van der Waals surface area contributed by atoms with Gasteiger partial charge in [0.05, 0.1) is 18.1 Å². The van der Waals surface area contributed by atoms with Gasteiger partial charge in [0.25, 0.3) is 0 Å². The van der Waals surface area contributed by atoms with E-state index in [4.69, 9.17) is 4.74 Å². The van der Waals surface area contributed by atoms with E-state index in [1.54, 1.807) is 11.7 Å². The predicted octanol–water partition coefficient (Wildman–Crippen LogP) is 2.15. The van der Waals surface area contributed by atoms with Gasteiger partial charge in [-0.1, -0.05) is 24.3 Å². The normalized spacial score (nSPS) is 10.8. The highest BCUT2D eigenvalue weighted by Gasteiger charge is 2.14. The van der Waals surface area contributed by atoms with Crippen LogP contribution in [0.1, 0.15) is 12.5 Å². The minimum atomic E-state index is -0.205. The number of amides is 1. The van der Waals surface area contributed by atoms with Crippen molar-refractivity contribution in [2.75, 3.05) is 7.11 Å². The lowest BCUT2D eigenvalue weighted by molar-refractivity contribution is -0.121. The molecule has 0 unspecified atom stereocenters. The van der Waals surface area contributed by atoms with Crippen LogP contribution in [0, 0.1) is 0 Å². The van der Waals surface area contributed by atoms with Crippen molar-refractivity contribution in [1.29, 1.82) is 0 Å². The molecule has 0 atom stereocenters. The van der Waals surface area contributed by atoms with E-state index in [1.807, 2.05) is 55.5 Å². The molecule has 130 valence electrons. The molecule has 0 bridgehead atoms. The lowest BCUT2D eigenvalue weighted by Crippen LogP contribution is -2.32. The number of benzene rings is 2. The third kappa shape index (κ3) is 3.42. The van der Waals surface area contributed by atoms with Gasteiger partial charge in [0.2, 0.25) is 5.91 Å². The molecule has 25 heavy (non-hydrogen) atoms. The quantitative estimate of drug-likeness (QED) is 0.748. The zero-order chi connectivity index (χ0) is 17.8. The second-order valence-electron chi connectivity index (χ2n) is 5.73. The molecule has 1 amide bonds. The molecule has 6 heteroatoms. The molecule has 0 aliphatic carbocycles. The Morgan fingerprint density at radius 1 is 1.08 bits per heavy atom. The molecule has 0 aliphatic heterocycles. The standard InChI is InChI=1S/C19H21N3O3/c1-3-21-16-9-4-5-10-17(16)22(19(21)24)13-18(23)20-12-14-7-6-8-15(11-14)25-2/h4-11H,3,12-13H2,1-2H3,(H,20,23). The van der Waals surface area contributed by atoms with Gasteiger partial charge in [0.1, 0.15) is 12.3 Å². The summed E-state index contributed by atoms with van der Waals surface area (Å²) in [5.41, 5.74) is 2.39. The summed E-state index contributed by atoms with van der Waals surface area (Å²) in [6, 6.07) is 15.0. The number of ether oxygens (including phenoxy) is 1. The number of hydrogen-bond acceptors (Lipinski definition) is 3. The molecular formula is C19H21N3O3. The van der Waals surface area contributed by atoms with Gasteiger partial charge >= 0.3 is 5.69 Å². The third-order valence-electron chi connectivity index (χ3n) is 4.17. The van der Waals surface area contributed by atoms with Gasteiger partial charge in [0, 0.05) is 13.1 Å². The van der Waals surface area contributed by atoms with Crippen molar-refractivity contribution >= 4 is 16.9 Å². The zero-order valence-corrected chi connectivity index (χ0v) is 14.4. The number of hydrogen-bond donors (Lipinski definition) is 1. The molecule has 0 spiro atoms. The first-order chi connectivity index (χ1) is 12.1. The number of imidazole rings is 1. The molecule has 0 saturated carbocycles. The van der Waals surface area contributed by atoms with Crippen molar-refractivity contribution in [2.24, 2.45) is 0 Å². The van der Waals surface area contributed by atoms with Crippen LogP contribution in [0.4, 0.5) is 0 Å². The van der Waals surface area contributed by atoms with Gasteiger partial charge < -0.3 is 10.1 Å². The number of aromatic nitrogens is 2. The number of aryl methyl sites for hydroxylation is 1. The Kier molecular flexibility index (Phi) is 4.88. The van der Waals surface area contributed by atoms with E-state index in [-0.39, 0.29) is 18.1 Å². The average Bonchev–Trinajstić information content (AvgIpc) is 2.91. The molecule has 0 saturated heterocycles. The Labute approximate surface area is 145 Å². The molecule has 6 nitrogen and oxygen atoms in total. The highest BCUT2D eigenvalue weighted by molar-refractivity contribution is 5.80. The van der Waals surface area contributed by atoms with Gasteiger partial charge in [0.15, 0.2) is 0 Å². The maximum absolute atomic E-state index is 12.5. The summed E-state index contributed by atoms with van der Waals surface area (Å²) in [4.78, 5) is 24.9. The second kappa shape index (κ2) is 7.25. The largest absolute Gasteiger partial charge is 0.497 e. The average molecular weight is 339 g/mol. The number of rotatable bonds is 6. The summed E-state index contributed by atoms with van der Waals surface area (Å²) < 4.78 is 8.36. The van der Waals surface area contributed by atoms with E-state index in [0.29, 0.717) is 13.1 Å². The fourth-order valence-corrected chi connectivity index (χ4v) is 2.91. The van der Waals surface area contributed by atoms with Crippen molar-refractivity contribution in [3.8, 4) is 5.75 Å². The minimum Gasteiger partial charge on any atom is -0.497 e. The van der Waals surface area contributed by atoms with Gasteiger partial charge in [-0.05, 0) is 36.8 Å². The van der Waals surface area contributed by atoms with Crippen LogP contribution in [0.2, 0.25) is 0 Å². The van der Waals surface area contributed by atoms with Crippen molar-refractivity contribution in [2.45, 2.75) is 26.6 Å². The van der Waals surface area contributed by atoms with Crippen molar-refractivity contribution in [1.82, 2.24) is 14.5 Å². The monoisotopic (exact) mass is 339 g/mol. The number of carbonyl (C=O) groups is 1. The summed E-state index contributed by atoms with van der Waals surface area (Å²) in [5.74, 6) is 0.540. The molecule has 0 radical (unpaired) electrons. The lowest BCUT2D eigenvalue weighted by atomic mass is 10.2. The van der Waals surface area contributed by atoms with E-state index in [0.717, 1.165) is 22.3 Å². The van der Waals surface area contributed by atoms with Gasteiger partial charge in [-0.25, -0.2) is 4.79 Å². The molecule has 0 aliphatic rings. The van der Waals surface area contributed by atoms with Crippen molar-refractivity contribution in [3.05, 3.63) is 64.6 Å². The van der Waals surface area contributed by atoms with Crippen LogP contribution in [0.25, 0.3) is 11.0 Å². The van der Waals surface area contributed by atoms with E-state index in [1.165, 1.54) is 4.57 Å². The van der Waals surface area contributed by atoms with Crippen LogP contribution in [-0.4, -0.2) is 22.2 Å². The summed E-state index contributed by atoms with van der Waals surface area (Å²) in [7, 11) is 1.60. The molecule has 1 heterocycles. The van der Waals surface area contributed by atoms with Gasteiger partial charge in [-0.3, -0.25) is 13.9 Å². The molecule has 2 aromatic carbocycles. The zero-order valence-electron chi connectivity index (χ0n) is 14.4. The fourth-order valence-electron chi connectivity index (χ4n) is 2.91. The highest BCUT2D eigenvalue weighted by Crippen LogP contribution is 2.13. The van der Waals surface area contributed by atoms with Crippen LogP contribution in [-0.2, 0) is 24.4 Å². The number of para-hydroxylation sites is 2. The second-order valence-corrected chi connectivity index (χ2v) is 5.73. The van der Waals surface area contributed by atoms with Crippen molar-refractivity contribution in [3.63, 3.8) is 0 Å². The molecular weight excluding hydrogens is 318 g/mol. The summed E-state index contributed by atoms with van der Waals surface area (Å²) >= 11 is 0. The maximum atomic E-state index is 12.5. The van der Waals surface area contributed by atoms with Crippen LogP contribution < -0.4 is 15.7 Å². The van der Waals surface area contributed by atoms with Crippen LogP contribution in [0.15, 0.2) is 53.3 Å². The Hall–Kier alpha value is -3.02. The van der Waals surface area contributed by atoms with Crippen LogP contribution in [0.3, 0.4) is 0 Å². The number of carbonyl (C=O) groups excluding carboxylic acids is 1. The first-order valence-electron chi connectivity index (χ1n) is 8.21. The summed E-state index contributed by atoms with van der Waals surface area (Å²) in [6.45, 7) is 2.87. The molecule has 3 aromatic rings. The fraction of sp³-hybridized carbons (Fsp3) is 0.263. The number of nitrogens with one attached hydrogen (secondary N) is 1. The number of fused-ring (bicyclic) bond motifs is 1. The number of methoxy groups -OCH3 is 1. The highest BCUT2D eigenvalue weighted by atomic mass is 16.5. The van der Waals surface area contributed by atoms with Crippen molar-refractivity contribution < 1.29 is 9.53 Å². The topological polar surface area (TPSA) is 65.3 Å². The molecule has 1 N–H and O–H groups in total. The third-order valence-corrected chi connectivity index (χ3v) is 4.17. The minimum absolute atomic E-state index is 0.00366. The number of nitrogens with zero attached hydrogens (tertiary/aromatic N) is 2. The van der Waals surface area contributed by atoms with E-state index < -0.39 is 0 Å². The Morgan fingerprint density at radius 3 is 2.48 bits per heavy atom. The Morgan fingerprint density at radius 2 is 1.80 bits per heavy atom. The SMILES string of the molecule is CCn1c(=O)n(CC(=O)NCc2cccc(OC)c2)c2ccccc21. The molecule has 1 aromatic heterocycles. The summed E-state index contributed by atoms with van der Waals surface area (Å²) in [5, 5.41) is 2.85. The smallest absolute Gasteiger partial charge is 0.329 e. The van der Waals surface area contributed by atoms with E-state index >= 15 is 0 Å². The predicted molar refractivity (Wildman–Crippen MR) is 96.7 cm³/mol. The van der Waals surface area contributed by atoms with E-state index in [9.17, 15) is 9.59 Å². The van der Waals surface area contributed by atoms with Gasteiger partial charge in [-0.2, -0.15) is 0 Å². The maximum Gasteiger partial charge on any atom is 0.329 e. The van der Waals surface area contributed by atoms with Gasteiger partial charge in [-0.15, -0.1) is 0 Å². The first kappa shape index (κ1) is 16.8. The molecule has 3 rings (SSSR count). The first-order valence-corrected chi connectivity index (χ1v) is 8.21. The van der Waals surface area contributed by atoms with Crippen LogP contribution >= 0.6 is 0 Å². The van der Waals surface area contributed by atoms with E-state index in [2.05, 4.69) is 5.32 Å². The molecule has 0 fully saturated rings.